The number of nitrogens with zero attached hydrogens (tertiary/aromatic N) is 2. The van der Waals surface area contributed by atoms with E-state index < -0.39 is 0 Å². The van der Waals surface area contributed by atoms with E-state index in [1.54, 1.807) is 0 Å². The van der Waals surface area contributed by atoms with Gasteiger partial charge in [-0.25, -0.2) is 0 Å². The van der Waals surface area contributed by atoms with E-state index in [2.05, 4.69) is 55.1 Å². The maximum Gasteiger partial charge on any atom is 0.0366 e. The lowest BCUT2D eigenvalue weighted by molar-refractivity contribution is 0.258. The summed E-state index contributed by atoms with van der Waals surface area (Å²) in [6.45, 7) is 4.43. The van der Waals surface area contributed by atoms with Crippen LogP contribution in [0.2, 0.25) is 0 Å². The topological polar surface area (TPSA) is 32.5 Å². The van der Waals surface area contributed by atoms with Crippen molar-refractivity contribution in [2.45, 2.75) is 38.3 Å². The van der Waals surface area contributed by atoms with E-state index >= 15 is 0 Å². The van der Waals surface area contributed by atoms with Crippen LogP contribution in [0.1, 0.15) is 37.8 Å². The third-order valence-electron chi connectivity index (χ3n) is 4.25. The average molecular weight is 261 g/mol. The first-order valence-corrected chi connectivity index (χ1v) is 7.38. The second-order valence-corrected chi connectivity index (χ2v) is 5.81. The van der Waals surface area contributed by atoms with Crippen LogP contribution in [-0.4, -0.2) is 38.1 Å². The molecule has 0 amide bonds. The van der Waals surface area contributed by atoms with Crippen molar-refractivity contribution < 1.29 is 0 Å². The molecule has 1 heterocycles. The molecule has 106 valence electrons. The van der Waals surface area contributed by atoms with Gasteiger partial charge in [0.05, 0.1) is 0 Å². The second-order valence-electron chi connectivity index (χ2n) is 5.81. The van der Waals surface area contributed by atoms with E-state index in [1.165, 1.54) is 30.6 Å². The molecule has 0 saturated carbocycles. The van der Waals surface area contributed by atoms with E-state index in [0.29, 0.717) is 6.04 Å². The van der Waals surface area contributed by atoms with Gasteiger partial charge in [0.25, 0.3) is 0 Å². The molecule has 1 aliphatic rings. The highest BCUT2D eigenvalue weighted by Crippen LogP contribution is 2.23. The number of piperidine rings is 1. The highest BCUT2D eigenvalue weighted by Gasteiger charge is 2.21. The number of anilines is 1. The van der Waals surface area contributed by atoms with Crippen LogP contribution >= 0.6 is 0 Å². The zero-order valence-electron chi connectivity index (χ0n) is 12.5. The Labute approximate surface area is 117 Å². The molecule has 2 atom stereocenters. The summed E-state index contributed by atoms with van der Waals surface area (Å²) in [7, 11) is 4.36. The van der Waals surface area contributed by atoms with Gasteiger partial charge in [-0.15, -0.1) is 0 Å². The van der Waals surface area contributed by atoms with Crippen LogP contribution < -0.4 is 10.6 Å². The van der Waals surface area contributed by atoms with Gasteiger partial charge in [-0.05, 0) is 51.1 Å². The van der Waals surface area contributed by atoms with Crippen LogP contribution in [0.4, 0.5) is 5.69 Å². The summed E-state index contributed by atoms with van der Waals surface area (Å²) < 4.78 is 0. The summed E-state index contributed by atoms with van der Waals surface area (Å²) in [5.74, 6) is 0. The maximum atomic E-state index is 6.06. The fraction of sp³-hybridized carbons (Fsp3) is 0.625. The molecule has 1 aromatic rings. The molecule has 1 fully saturated rings. The molecule has 1 saturated heterocycles. The average Bonchev–Trinajstić information content (AvgIpc) is 2.46. The highest BCUT2D eigenvalue weighted by molar-refractivity contribution is 5.48. The molecule has 2 rings (SSSR count). The van der Waals surface area contributed by atoms with E-state index in [4.69, 9.17) is 5.73 Å². The molecule has 19 heavy (non-hydrogen) atoms. The monoisotopic (exact) mass is 261 g/mol. The first-order valence-electron chi connectivity index (χ1n) is 7.38. The third-order valence-corrected chi connectivity index (χ3v) is 4.25. The quantitative estimate of drug-likeness (QED) is 0.904. The predicted molar refractivity (Wildman–Crippen MR) is 82.6 cm³/mol. The smallest absolute Gasteiger partial charge is 0.0366 e. The normalized spacial score (nSPS) is 21.7. The van der Waals surface area contributed by atoms with Crippen molar-refractivity contribution in [1.29, 1.82) is 0 Å². The minimum Gasteiger partial charge on any atom is -0.370 e. The van der Waals surface area contributed by atoms with Gasteiger partial charge >= 0.3 is 0 Å². The SMILES string of the molecule is CC[C@H](N)c1ccc(N2CCCC(N(C)C)C2)cc1. The Kier molecular flexibility index (Phi) is 4.83. The molecule has 1 unspecified atom stereocenters. The van der Waals surface area contributed by atoms with E-state index in [0.717, 1.165) is 13.0 Å². The van der Waals surface area contributed by atoms with Crippen LogP contribution in [0.15, 0.2) is 24.3 Å². The number of likely N-dealkylation sites (N-methyl/N-ethyl adjacent to an activating group) is 1. The van der Waals surface area contributed by atoms with Crippen molar-refractivity contribution in [2.75, 3.05) is 32.1 Å². The van der Waals surface area contributed by atoms with Crippen LogP contribution in [0.25, 0.3) is 0 Å². The van der Waals surface area contributed by atoms with Crippen molar-refractivity contribution in [3.63, 3.8) is 0 Å². The van der Waals surface area contributed by atoms with Crippen molar-refractivity contribution in [3.8, 4) is 0 Å². The lowest BCUT2D eigenvalue weighted by atomic mass is 10.0. The van der Waals surface area contributed by atoms with Gasteiger partial charge in [-0.3, -0.25) is 0 Å². The largest absolute Gasteiger partial charge is 0.370 e. The Bertz CT molecular complexity index is 385. The fourth-order valence-electron chi connectivity index (χ4n) is 2.78. The van der Waals surface area contributed by atoms with Gasteiger partial charge < -0.3 is 15.5 Å². The first kappa shape index (κ1) is 14.4. The van der Waals surface area contributed by atoms with Gasteiger partial charge in [-0.1, -0.05) is 19.1 Å². The predicted octanol–water partition coefficient (Wildman–Crippen LogP) is 2.63. The van der Waals surface area contributed by atoms with Crippen LogP contribution in [-0.2, 0) is 0 Å². The minimum atomic E-state index is 0.171. The highest BCUT2D eigenvalue weighted by atomic mass is 15.2. The summed E-state index contributed by atoms with van der Waals surface area (Å²) >= 11 is 0. The molecular formula is C16H27N3. The number of nitrogens with two attached hydrogens (primary N) is 1. The van der Waals surface area contributed by atoms with Crippen molar-refractivity contribution >= 4 is 5.69 Å². The summed E-state index contributed by atoms with van der Waals surface area (Å²) in [5.41, 5.74) is 8.64. The zero-order chi connectivity index (χ0) is 13.8. The van der Waals surface area contributed by atoms with Gasteiger partial charge in [0, 0.05) is 30.9 Å². The van der Waals surface area contributed by atoms with Gasteiger partial charge in [0.2, 0.25) is 0 Å². The summed E-state index contributed by atoms with van der Waals surface area (Å²) in [6.07, 6.45) is 3.58. The Balaban J connectivity index is 2.05. The molecule has 2 N–H and O–H groups in total. The molecule has 0 aromatic heterocycles. The summed E-state index contributed by atoms with van der Waals surface area (Å²) in [4.78, 5) is 4.84. The standard InChI is InChI=1S/C16H27N3/c1-4-16(17)13-7-9-14(10-8-13)19-11-5-6-15(12-19)18(2)3/h7-10,15-16H,4-6,11-12,17H2,1-3H3/t15?,16-/m0/s1. The molecule has 1 aromatic carbocycles. The van der Waals surface area contributed by atoms with Crippen molar-refractivity contribution in [1.82, 2.24) is 4.90 Å². The summed E-state index contributed by atoms with van der Waals surface area (Å²) in [5, 5.41) is 0. The lowest BCUT2D eigenvalue weighted by Crippen LogP contribution is -2.45. The number of rotatable bonds is 4. The van der Waals surface area contributed by atoms with E-state index in [9.17, 15) is 0 Å². The molecule has 0 spiro atoms. The molecule has 0 radical (unpaired) electrons. The van der Waals surface area contributed by atoms with Gasteiger partial charge in [0.1, 0.15) is 0 Å². The van der Waals surface area contributed by atoms with Crippen molar-refractivity contribution in [2.24, 2.45) is 5.73 Å². The lowest BCUT2D eigenvalue weighted by Gasteiger charge is -2.37. The molecule has 3 heteroatoms. The number of hydrogen-bond donors (Lipinski definition) is 1. The third kappa shape index (κ3) is 3.48. The van der Waals surface area contributed by atoms with Crippen molar-refractivity contribution in [3.05, 3.63) is 29.8 Å². The van der Waals surface area contributed by atoms with Gasteiger partial charge in [0.15, 0.2) is 0 Å². The molecule has 0 aliphatic carbocycles. The Morgan fingerprint density at radius 2 is 2.00 bits per heavy atom. The van der Waals surface area contributed by atoms with E-state index in [1.807, 2.05) is 0 Å². The van der Waals surface area contributed by atoms with Crippen LogP contribution in [0.5, 0.6) is 0 Å². The minimum absolute atomic E-state index is 0.171. The fourth-order valence-corrected chi connectivity index (χ4v) is 2.78. The summed E-state index contributed by atoms with van der Waals surface area (Å²) in [6, 6.07) is 9.66. The molecule has 1 aliphatic heterocycles. The Morgan fingerprint density at radius 3 is 2.58 bits per heavy atom. The maximum absolute atomic E-state index is 6.06. The Morgan fingerprint density at radius 1 is 1.32 bits per heavy atom. The number of benzene rings is 1. The molecule has 3 nitrogen and oxygen atoms in total. The van der Waals surface area contributed by atoms with Gasteiger partial charge in [-0.2, -0.15) is 0 Å². The van der Waals surface area contributed by atoms with Crippen LogP contribution in [0, 0.1) is 0 Å². The van der Waals surface area contributed by atoms with Crippen LogP contribution in [0.3, 0.4) is 0 Å². The first-order chi connectivity index (χ1) is 9.11. The number of hydrogen-bond acceptors (Lipinski definition) is 3. The molecule has 0 bridgehead atoms. The second kappa shape index (κ2) is 6.40. The Hall–Kier alpha value is -1.06. The zero-order valence-corrected chi connectivity index (χ0v) is 12.5. The van der Waals surface area contributed by atoms with E-state index in [-0.39, 0.29) is 6.04 Å². The molecular weight excluding hydrogens is 234 g/mol.